The van der Waals surface area contributed by atoms with E-state index in [4.69, 9.17) is 0 Å². The molecule has 1 heteroatoms. The number of Topliss-reactive ketones (excluding diaryl/α,β-unsaturated/α-hetero) is 1. The number of carbonyl (C=O) groups excluding carboxylic acids is 1. The van der Waals surface area contributed by atoms with E-state index in [-0.39, 0.29) is 0 Å². The molecule has 0 aliphatic rings. The van der Waals surface area contributed by atoms with Crippen molar-refractivity contribution in [3.05, 3.63) is 47.5 Å². The van der Waals surface area contributed by atoms with Gasteiger partial charge in [-0.15, -0.1) is 0 Å². The molecule has 2 rings (SSSR count). The molecular weight excluding hydrogens is 256 g/mol. The van der Waals surface area contributed by atoms with E-state index in [0.29, 0.717) is 12.2 Å². The van der Waals surface area contributed by atoms with Gasteiger partial charge in [0.05, 0.1) is 0 Å². The second-order valence-corrected chi connectivity index (χ2v) is 5.92. The molecule has 2 aromatic rings. The number of fused-ring (bicyclic) bond motifs is 1. The Morgan fingerprint density at radius 3 is 2.43 bits per heavy atom. The van der Waals surface area contributed by atoms with Crippen LogP contribution in [0.2, 0.25) is 0 Å². The summed E-state index contributed by atoms with van der Waals surface area (Å²) in [6.07, 6.45) is 8.03. The highest BCUT2D eigenvalue weighted by Gasteiger charge is 2.12. The minimum atomic E-state index is 0.305. The number of unbranched alkanes of at least 4 members (excludes halogenated alkanes) is 5. The van der Waals surface area contributed by atoms with Gasteiger partial charge < -0.3 is 0 Å². The summed E-state index contributed by atoms with van der Waals surface area (Å²) in [6, 6.07) is 12.4. The van der Waals surface area contributed by atoms with Crippen molar-refractivity contribution in [2.24, 2.45) is 0 Å². The number of hydrogen-bond acceptors (Lipinski definition) is 1. The molecule has 0 N–H and O–H groups in total. The molecule has 0 saturated carbocycles. The van der Waals surface area contributed by atoms with Crippen molar-refractivity contribution < 1.29 is 4.79 Å². The summed E-state index contributed by atoms with van der Waals surface area (Å²) < 4.78 is 0. The maximum atomic E-state index is 12.6. The fraction of sp³-hybridized carbons (Fsp3) is 0.450. The van der Waals surface area contributed by atoms with Crippen LogP contribution >= 0.6 is 0 Å². The number of benzene rings is 2. The molecular formula is C20H26O. The number of carbonyl (C=O) groups is 1. The van der Waals surface area contributed by atoms with Crippen LogP contribution in [0.25, 0.3) is 10.8 Å². The quantitative estimate of drug-likeness (QED) is 0.423. The first-order valence-electron chi connectivity index (χ1n) is 8.25. The van der Waals surface area contributed by atoms with E-state index in [0.717, 1.165) is 28.3 Å². The molecule has 0 atom stereocenters. The first kappa shape index (κ1) is 15.8. The zero-order valence-corrected chi connectivity index (χ0v) is 13.3. The summed E-state index contributed by atoms with van der Waals surface area (Å²) in [5.41, 5.74) is 2.03. The van der Waals surface area contributed by atoms with Crippen LogP contribution in [-0.2, 0) is 0 Å². The Bertz CT molecular complexity index is 598. The van der Waals surface area contributed by atoms with Gasteiger partial charge in [0.2, 0.25) is 0 Å². The van der Waals surface area contributed by atoms with Crippen molar-refractivity contribution in [1.82, 2.24) is 0 Å². The van der Waals surface area contributed by atoms with Gasteiger partial charge in [0.15, 0.2) is 5.78 Å². The van der Waals surface area contributed by atoms with Crippen molar-refractivity contribution in [1.29, 1.82) is 0 Å². The van der Waals surface area contributed by atoms with E-state index in [9.17, 15) is 4.79 Å². The van der Waals surface area contributed by atoms with Gasteiger partial charge in [0, 0.05) is 12.0 Å². The molecule has 0 aromatic heterocycles. The molecule has 21 heavy (non-hydrogen) atoms. The molecule has 0 fully saturated rings. The van der Waals surface area contributed by atoms with Gasteiger partial charge in [-0.1, -0.05) is 75.4 Å². The Morgan fingerprint density at radius 1 is 0.905 bits per heavy atom. The van der Waals surface area contributed by atoms with E-state index in [2.05, 4.69) is 31.2 Å². The van der Waals surface area contributed by atoms with Crippen LogP contribution in [0.1, 0.15) is 67.8 Å². The molecule has 112 valence electrons. The lowest BCUT2D eigenvalue weighted by Crippen LogP contribution is -2.03. The lowest BCUT2D eigenvalue weighted by atomic mass is 9.94. The average Bonchev–Trinajstić information content (AvgIpc) is 2.50. The van der Waals surface area contributed by atoms with Gasteiger partial charge in [-0.25, -0.2) is 0 Å². The van der Waals surface area contributed by atoms with Crippen LogP contribution in [0.5, 0.6) is 0 Å². The summed E-state index contributed by atoms with van der Waals surface area (Å²) in [5, 5.41) is 2.27. The van der Waals surface area contributed by atoms with Crippen LogP contribution in [0, 0.1) is 6.92 Å². The molecule has 0 bridgehead atoms. The molecule has 0 amide bonds. The number of rotatable bonds is 8. The summed E-state index contributed by atoms with van der Waals surface area (Å²) in [6.45, 7) is 4.27. The second-order valence-electron chi connectivity index (χ2n) is 5.92. The molecule has 0 unspecified atom stereocenters. The molecule has 0 spiro atoms. The summed E-state index contributed by atoms with van der Waals surface area (Å²) in [7, 11) is 0. The number of ketones is 1. The molecule has 0 saturated heterocycles. The predicted molar refractivity (Wildman–Crippen MR) is 91.0 cm³/mol. The lowest BCUT2D eigenvalue weighted by Gasteiger charge is -2.09. The van der Waals surface area contributed by atoms with Gasteiger partial charge in [-0.2, -0.15) is 0 Å². The number of hydrogen-bond donors (Lipinski definition) is 0. The fourth-order valence-corrected chi connectivity index (χ4v) is 2.94. The lowest BCUT2D eigenvalue weighted by molar-refractivity contribution is 0.0980. The van der Waals surface area contributed by atoms with Crippen LogP contribution in [0.3, 0.4) is 0 Å². The Kier molecular flexibility index (Phi) is 5.98. The zero-order chi connectivity index (χ0) is 15.1. The van der Waals surface area contributed by atoms with Crippen LogP contribution in [0.15, 0.2) is 36.4 Å². The SMILES string of the molecule is CCCCCCCCC(=O)c1c(C)ccc2ccccc12. The third-order valence-electron chi connectivity index (χ3n) is 4.17. The Morgan fingerprint density at radius 2 is 1.62 bits per heavy atom. The Balaban J connectivity index is 2.01. The number of aryl methyl sites for hydroxylation is 1. The van der Waals surface area contributed by atoms with Gasteiger partial charge in [-0.3, -0.25) is 4.79 Å². The smallest absolute Gasteiger partial charge is 0.163 e. The minimum absolute atomic E-state index is 0.305. The van der Waals surface area contributed by atoms with Crippen molar-refractivity contribution in [2.75, 3.05) is 0 Å². The molecule has 0 heterocycles. The van der Waals surface area contributed by atoms with E-state index in [1.54, 1.807) is 0 Å². The molecule has 1 nitrogen and oxygen atoms in total. The van der Waals surface area contributed by atoms with Gasteiger partial charge in [0.25, 0.3) is 0 Å². The molecule has 0 aliphatic carbocycles. The van der Waals surface area contributed by atoms with E-state index in [1.807, 2.05) is 19.1 Å². The third kappa shape index (κ3) is 4.17. The highest BCUT2D eigenvalue weighted by atomic mass is 16.1. The maximum Gasteiger partial charge on any atom is 0.163 e. The highest BCUT2D eigenvalue weighted by molar-refractivity contribution is 6.09. The van der Waals surface area contributed by atoms with Crippen LogP contribution < -0.4 is 0 Å². The van der Waals surface area contributed by atoms with Gasteiger partial charge in [-0.05, 0) is 29.7 Å². The van der Waals surface area contributed by atoms with Crippen molar-refractivity contribution >= 4 is 16.6 Å². The Hall–Kier alpha value is -1.63. The summed E-state index contributed by atoms with van der Waals surface area (Å²) in [4.78, 5) is 12.6. The maximum absolute atomic E-state index is 12.6. The third-order valence-corrected chi connectivity index (χ3v) is 4.17. The van der Waals surface area contributed by atoms with Crippen molar-refractivity contribution in [3.63, 3.8) is 0 Å². The molecule has 2 aromatic carbocycles. The topological polar surface area (TPSA) is 17.1 Å². The minimum Gasteiger partial charge on any atom is -0.294 e. The summed E-state index contributed by atoms with van der Waals surface area (Å²) in [5.74, 6) is 0.305. The zero-order valence-electron chi connectivity index (χ0n) is 13.3. The summed E-state index contributed by atoms with van der Waals surface area (Å²) >= 11 is 0. The average molecular weight is 282 g/mol. The van der Waals surface area contributed by atoms with E-state index >= 15 is 0 Å². The highest BCUT2D eigenvalue weighted by Crippen LogP contribution is 2.24. The standard InChI is InChI=1S/C20H26O/c1-3-4-5-6-7-8-13-19(21)20-16(2)14-15-17-11-9-10-12-18(17)20/h9-12,14-15H,3-8,13H2,1-2H3. The largest absolute Gasteiger partial charge is 0.294 e. The molecule has 0 aliphatic heterocycles. The first-order chi connectivity index (χ1) is 10.2. The predicted octanol–water partition coefficient (Wildman–Crippen LogP) is 6.08. The monoisotopic (exact) mass is 282 g/mol. The van der Waals surface area contributed by atoms with E-state index in [1.165, 1.54) is 32.1 Å². The fourth-order valence-electron chi connectivity index (χ4n) is 2.94. The van der Waals surface area contributed by atoms with Gasteiger partial charge >= 0.3 is 0 Å². The van der Waals surface area contributed by atoms with Crippen molar-refractivity contribution in [2.45, 2.75) is 58.8 Å². The van der Waals surface area contributed by atoms with Crippen molar-refractivity contribution in [3.8, 4) is 0 Å². The second kappa shape index (κ2) is 7.97. The van der Waals surface area contributed by atoms with E-state index < -0.39 is 0 Å². The van der Waals surface area contributed by atoms with Crippen LogP contribution in [0.4, 0.5) is 0 Å². The van der Waals surface area contributed by atoms with Gasteiger partial charge in [0.1, 0.15) is 0 Å². The molecule has 0 radical (unpaired) electrons. The Labute approximate surface area is 128 Å². The first-order valence-corrected chi connectivity index (χ1v) is 8.25. The van der Waals surface area contributed by atoms with Crippen LogP contribution in [-0.4, -0.2) is 5.78 Å². The normalized spacial score (nSPS) is 11.0.